The third-order valence-corrected chi connectivity index (χ3v) is 4.29. The van der Waals surface area contributed by atoms with Crippen molar-refractivity contribution in [2.75, 3.05) is 0 Å². The van der Waals surface area contributed by atoms with Crippen molar-refractivity contribution >= 4 is 32.8 Å². The Bertz CT molecular complexity index is 1110. The molecule has 3 aromatic carbocycles. The van der Waals surface area contributed by atoms with Gasteiger partial charge in [-0.25, -0.2) is 9.97 Å². The highest BCUT2D eigenvalue weighted by atomic mass is 16.3. The summed E-state index contributed by atoms with van der Waals surface area (Å²) in [6.45, 7) is 4.11. The number of hydrogen-bond acceptors (Lipinski definition) is 3. The monoisotopic (exact) mass is 314 g/mol. The first kappa shape index (κ1) is 14.6. The molecule has 0 saturated heterocycles. The second kappa shape index (κ2) is 5.60. The Hall–Kier alpha value is -2.94. The van der Waals surface area contributed by atoms with Crippen LogP contribution in [0.4, 0.5) is 0 Å². The fourth-order valence-electron chi connectivity index (χ4n) is 3.07. The van der Waals surface area contributed by atoms with Crippen LogP contribution >= 0.6 is 0 Å². The molecule has 0 bridgehead atoms. The minimum Gasteiger partial charge on any atom is -0.507 e. The van der Waals surface area contributed by atoms with Gasteiger partial charge in [0.15, 0.2) is 0 Å². The molecular formula is C21H18N2O. The highest BCUT2D eigenvalue weighted by Crippen LogP contribution is 2.36. The van der Waals surface area contributed by atoms with Gasteiger partial charge in [0.2, 0.25) is 0 Å². The molecule has 0 aliphatic heterocycles. The van der Waals surface area contributed by atoms with Crippen LogP contribution in [0.1, 0.15) is 19.4 Å². The Morgan fingerprint density at radius 1 is 0.875 bits per heavy atom. The number of hydrogen-bond donors (Lipinski definition) is 1. The number of phenols is 1. The number of aromatic hydroxyl groups is 1. The van der Waals surface area contributed by atoms with Gasteiger partial charge in [-0.05, 0) is 32.4 Å². The van der Waals surface area contributed by atoms with Crippen molar-refractivity contribution in [3.8, 4) is 5.75 Å². The average molecular weight is 314 g/mol. The molecule has 1 heterocycles. The molecule has 0 atom stereocenters. The summed E-state index contributed by atoms with van der Waals surface area (Å²) >= 11 is 0. The zero-order chi connectivity index (χ0) is 16.7. The summed E-state index contributed by atoms with van der Waals surface area (Å²) in [5.41, 5.74) is 5.39. The van der Waals surface area contributed by atoms with Crippen molar-refractivity contribution in [3.63, 3.8) is 0 Å². The van der Waals surface area contributed by atoms with Gasteiger partial charge in [-0.15, -0.1) is 0 Å². The van der Waals surface area contributed by atoms with Gasteiger partial charge in [-0.1, -0.05) is 48.0 Å². The number of nitrogens with zero attached hydrogens (tertiary/aromatic N) is 2. The van der Waals surface area contributed by atoms with Crippen LogP contribution in [0.5, 0.6) is 5.75 Å². The summed E-state index contributed by atoms with van der Waals surface area (Å²) in [7, 11) is 0. The van der Waals surface area contributed by atoms with Gasteiger partial charge in [0, 0.05) is 16.3 Å². The van der Waals surface area contributed by atoms with Crippen LogP contribution in [0.25, 0.3) is 32.8 Å². The van der Waals surface area contributed by atoms with E-state index in [-0.39, 0.29) is 0 Å². The van der Waals surface area contributed by atoms with E-state index in [0.717, 1.165) is 38.4 Å². The lowest BCUT2D eigenvalue weighted by Gasteiger charge is -2.12. The van der Waals surface area contributed by atoms with Crippen molar-refractivity contribution < 1.29 is 5.11 Å². The Morgan fingerprint density at radius 2 is 1.46 bits per heavy atom. The molecule has 4 rings (SSSR count). The van der Waals surface area contributed by atoms with E-state index in [2.05, 4.69) is 19.9 Å². The maximum atomic E-state index is 10.8. The lowest BCUT2D eigenvalue weighted by molar-refractivity contribution is 0.477. The molecule has 1 aromatic heterocycles. The molecule has 0 spiro atoms. The van der Waals surface area contributed by atoms with E-state index in [0.29, 0.717) is 12.2 Å². The number of para-hydroxylation sites is 2. The van der Waals surface area contributed by atoms with Gasteiger partial charge in [-0.2, -0.15) is 0 Å². The van der Waals surface area contributed by atoms with E-state index >= 15 is 0 Å². The first-order chi connectivity index (χ1) is 11.6. The van der Waals surface area contributed by atoms with Crippen molar-refractivity contribution in [2.45, 2.75) is 20.3 Å². The molecule has 3 nitrogen and oxygen atoms in total. The highest BCUT2D eigenvalue weighted by Gasteiger charge is 2.15. The minimum atomic E-state index is 0.306. The van der Waals surface area contributed by atoms with Crippen molar-refractivity contribution in [3.05, 3.63) is 65.7 Å². The Labute approximate surface area is 140 Å². The molecule has 0 aliphatic rings. The van der Waals surface area contributed by atoms with Crippen molar-refractivity contribution in [2.24, 2.45) is 0 Å². The predicted molar refractivity (Wildman–Crippen MR) is 99.3 cm³/mol. The second-order valence-corrected chi connectivity index (χ2v) is 6.27. The summed E-state index contributed by atoms with van der Waals surface area (Å²) in [6.07, 6.45) is 2.75. The molecule has 4 aromatic rings. The standard InChI is InChI=1S/C21H18N2O/c1-13(2)11-12-16-20-19(14-7-3-4-8-15(14)21(16)24)22-17-9-5-6-10-18(17)23-20/h3-11,24H,12H2,1-2H3. The van der Waals surface area contributed by atoms with E-state index in [4.69, 9.17) is 9.97 Å². The average Bonchev–Trinajstić information content (AvgIpc) is 2.60. The lowest BCUT2D eigenvalue weighted by atomic mass is 9.99. The van der Waals surface area contributed by atoms with E-state index in [1.54, 1.807) is 0 Å². The van der Waals surface area contributed by atoms with Crippen LogP contribution in [0.2, 0.25) is 0 Å². The molecule has 0 saturated carbocycles. The van der Waals surface area contributed by atoms with Gasteiger partial charge in [0.05, 0.1) is 22.1 Å². The molecule has 0 aliphatic carbocycles. The third kappa shape index (κ3) is 2.29. The zero-order valence-electron chi connectivity index (χ0n) is 13.7. The van der Waals surface area contributed by atoms with Crippen LogP contribution in [-0.2, 0) is 6.42 Å². The van der Waals surface area contributed by atoms with Crippen molar-refractivity contribution in [1.82, 2.24) is 9.97 Å². The summed E-state index contributed by atoms with van der Waals surface area (Å²) < 4.78 is 0. The second-order valence-electron chi connectivity index (χ2n) is 6.27. The van der Waals surface area contributed by atoms with Crippen LogP contribution in [0.3, 0.4) is 0 Å². The predicted octanol–water partition coefficient (Wildman–Crippen LogP) is 5.15. The van der Waals surface area contributed by atoms with Gasteiger partial charge in [0.1, 0.15) is 5.75 Å². The molecule has 3 heteroatoms. The number of fused-ring (bicyclic) bond motifs is 4. The van der Waals surface area contributed by atoms with Crippen LogP contribution in [0.15, 0.2) is 60.2 Å². The number of rotatable bonds is 2. The fraction of sp³-hybridized carbons (Fsp3) is 0.143. The summed E-state index contributed by atoms with van der Waals surface area (Å²) in [5.74, 6) is 0.306. The van der Waals surface area contributed by atoms with Crippen LogP contribution in [0, 0.1) is 0 Å². The van der Waals surface area contributed by atoms with Crippen molar-refractivity contribution in [1.29, 1.82) is 0 Å². The minimum absolute atomic E-state index is 0.306. The molecule has 0 amide bonds. The number of benzene rings is 3. The Balaban J connectivity index is 2.18. The smallest absolute Gasteiger partial charge is 0.129 e. The quantitative estimate of drug-likeness (QED) is 0.316. The van der Waals surface area contributed by atoms with Gasteiger partial charge >= 0.3 is 0 Å². The third-order valence-electron chi connectivity index (χ3n) is 4.29. The molecule has 24 heavy (non-hydrogen) atoms. The highest BCUT2D eigenvalue weighted by molar-refractivity contribution is 6.10. The molecule has 118 valence electrons. The summed E-state index contributed by atoms with van der Waals surface area (Å²) in [6, 6.07) is 15.7. The Morgan fingerprint density at radius 3 is 2.12 bits per heavy atom. The Kier molecular flexibility index (Phi) is 3.42. The molecular weight excluding hydrogens is 296 g/mol. The maximum Gasteiger partial charge on any atom is 0.129 e. The topological polar surface area (TPSA) is 46.0 Å². The first-order valence-electron chi connectivity index (χ1n) is 8.07. The number of aromatic nitrogens is 2. The van der Waals surface area contributed by atoms with E-state index in [1.165, 1.54) is 5.57 Å². The molecule has 0 radical (unpaired) electrons. The fourth-order valence-corrected chi connectivity index (χ4v) is 3.07. The first-order valence-corrected chi connectivity index (χ1v) is 8.07. The number of allylic oxidation sites excluding steroid dienone is 2. The molecule has 0 fully saturated rings. The van der Waals surface area contributed by atoms with Gasteiger partial charge < -0.3 is 5.11 Å². The van der Waals surface area contributed by atoms with Crippen LogP contribution in [-0.4, -0.2) is 15.1 Å². The largest absolute Gasteiger partial charge is 0.507 e. The summed E-state index contributed by atoms with van der Waals surface area (Å²) in [4.78, 5) is 9.66. The lowest BCUT2D eigenvalue weighted by Crippen LogP contribution is -1.95. The maximum absolute atomic E-state index is 10.8. The van der Waals surface area contributed by atoms with Crippen LogP contribution < -0.4 is 0 Å². The molecule has 0 unspecified atom stereocenters. The van der Waals surface area contributed by atoms with E-state index in [9.17, 15) is 5.11 Å². The van der Waals surface area contributed by atoms with E-state index in [1.807, 2.05) is 48.5 Å². The van der Waals surface area contributed by atoms with Gasteiger partial charge in [-0.3, -0.25) is 0 Å². The number of phenolic OH excluding ortho intramolecular Hbond substituents is 1. The van der Waals surface area contributed by atoms with Gasteiger partial charge in [0.25, 0.3) is 0 Å². The zero-order valence-corrected chi connectivity index (χ0v) is 13.7. The molecule has 1 N–H and O–H groups in total. The van der Waals surface area contributed by atoms with E-state index < -0.39 is 0 Å². The normalized spacial score (nSPS) is 11.2. The summed E-state index contributed by atoms with van der Waals surface area (Å²) in [5, 5.41) is 12.6. The SMILES string of the molecule is CC(C)=CCc1c(O)c2ccccc2c2nc3ccccc3nc12.